The van der Waals surface area contributed by atoms with Gasteiger partial charge in [0.2, 0.25) is 0 Å². The van der Waals surface area contributed by atoms with Crippen LogP contribution >= 0.6 is 22.9 Å². The van der Waals surface area contributed by atoms with Crippen molar-refractivity contribution < 1.29 is 8.42 Å². The Morgan fingerprint density at radius 3 is 2.70 bits per heavy atom. The molecule has 0 aliphatic heterocycles. The van der Waals surface area contributed by atoms with Crippen LogP contribution in [0.3, 0.4) is 0 Å². The van der Waals surface area contributed by atoms with Crippen LogP contribution in [0.15, 0.2) is 35.5 Å². The number of thiophene rings is 1. The van der Waals surface area contributed by atoms with Crippen LogP contribution in [0.4, 0.5) is 5.69 Å². The van der Waals surface area contributed by atoms with Crippen LogP contribution in [0.1, 0.15) is 17.8 Å². The van der Waals surface area contributed by atoms with Gasteiger partial charge in [0.1, 0.15) is 0 Å². The Labute approximate surface area is 127 Å². The maximum Gasteiger partial charge on any atom is 0.260 e. The van der Waals surface area contributed by atoms with E-state index in [1.54, 1.807) is 38.2 Å². The molecule has 2 aromatic rings. The molecule has 1 unspecified atom stereocenters. The molecule has 0 fully saturated rings. The van der Waals surface area contributed by atoms with Crippen LogP contribution in [-0.4, -0.2) is 20.4 Å². The Bertz CT molecular complexity index is 700. The second-order valence-electron chi connectivity index (χ2n) is 4.09. The first kappa shape index (κ1) is 15.2. The van der Waals surface area contributed by atoms with Gasteiger partial charge in [0.15, 0.2) is 5.03 Å². The van der Waals surface area contributed by atoms with E-state index in [0.29, 0.717) is 10.0 Å². The zero-order valence-electron chi connectivity index (χ0n) is 10.9. The number of nitrogens with one attached hydrogen (secondary N) is 2. The number of anilines is 1. The minimum atomic E-state index is -3.70. The molecule has 0 aliphatic carbocycles. The summed E-state index contributed by atoms with van der Waals surface area (Å²) in [5.41, 5.74) is 0.455. The highest BCUT2D eigenvalue weighted by Gasteiger charge is 2.23. The van der Waals surface area contributed by atoms with Gasteiger partial charge in [-0.3, -0.25) is 0 Å². The molecule has 2 rings (SSSR count). The van der Waals surface area contributed by atoms with Gasteiger partial charge in [-0.05, 0) is 31.2 Å². The molecule has 0 spiro atoms. The molecular formula is C12H14ClN3O2S2. The van der Waals surface area contributed by atoms with E-state index in [1.807, 2.05) is 0 Å². The first-order valence-electron chi connectivity index (χ1n) is 5.84. The summed E-state index contributed by atoms with van der Waals surface area (Å²) < 4.78 is 27.9. The number of sulfonamides is 1. The highest BCUT2D eigenvalue weighted by molar-refractivity contribution is 7.89. The Kier molecular flexibility index (Phi) is 4.64. The predicted octanol–water partition coefficient (Wildman–Crippen LogP) is 2.88. The second-order valence-corrected chi connectivity index (χ2v) is 7.47. The monoisotopic (exact) mass is 331 g/mol. The molecule has 20 heavy (non-hydrogen) atoms. The van der Waals surface area contributed by atoms with Crippen molar-refractivity contribution in [2.24, 2.45) is 0 Å². The number of nitrogens with zero attached hydrogens (tertiary/aromatic N) is 1. The highest BCUT2D eigenvalue weighted by atomic mass is 35.5. The number of pyridine rings is 1. The molecule has 0 aliphatic rings. The number of rotatable bonds is 5. The normalized spacial score (nSPS) is 13.2. The van der Waals surface area contributed by atoms with Gasteiger partial charge in [-0.1, -0.05) is 11.6 Å². The van der Waals surface area contributed by atoms with Crippen LogP contribution in [0, 0.1) is 0 Å². The van der Waals surface area contributed by atoms with E-state index in [9.17, 15) is 8.42 Å². The van der Waals surface area contributed by atoms with E-state index < -0.39 is 10.0 Å². The number of aromatic nitrogens is 1. The van der Waals surface area contributed by atoms with E-state index in [2.05, 4.69) is 15.0 Å². The summed E-state index contributed by atoms with van der Waals surface area (Å²) >= 11 is 7.20. The maximum absolute atomic E-state index is 12.4. The smallest absolute Gasteiger partial charge is 0.260 e. The third-order valence-corrected chi connectivity index (χ3v) is 5.56. The molecule has 2 heterocycles. The van der Waals surface area contributed by atoms with Gasteiger partial charge in [-0.2, -0.15) is 0 Å². The molecule has 8 heteroatoms. The van der Waals surface area contributed by atoms with Gasteiger partial charge in [-0.25, -0.2) is 18.1 Å². The first-order valence-corrected chi connectivity index (χ1v) is 8.52. The summed E-state index contributed by atoms with van der Waals surface area (Å²) in [6, 6.07) is 6.51. The summed E-state index contributed by atoms with van der Waals surface area (Å²) in [6.45, 7) is 1.77. The highest BCUT2D eigenvalue weighted by Crippen LogP contribution is 2.28. The predicted molar refractivity (Wildman–Crippen MR) is 81.8 cm³/mol. The molecule has 2 aromatic heterocycles. The lowest BCUT2D eigenvalue weighted by molar-refractivity contribution is 0.565. The van der Waals surface area contributed by atoms with E-state index >= 15 is 0 Å². The number of hydrogen-bond acceptors (Lipinski definition) is 5. The van der Waals surface area contributed by atoms with Crippen LogP contribution in [0.25, 0.3) is 0 Å². The van der Waals surface area contributed by atoms with Crippen molar-refractivity contribution in [3.05, 3.63) is 39.7 Å². The minimum Gasteiger partial charge on any atom is -0.386 e. The fourth-order valence-corrected chi connectivity index (χ4v) is 4.20. The van der Waals surface area contributed by atoms with Crippen molar-refractivity contribution in [1.29, 1.82) is 0 Å². The van der Waals surface area contributed by atoms with Crippen LogP contribution in [0.2, 0.25) is 4.34 Å². The molecule has 2 N–H and O–H groups in total. The van der Waals surface area contributed by atoms with E-state index in [1.165, 1.54) is 17.5 Å². The number of hydrogen-bond donors (Lipinski definition) is 2. The van der Waals surface area contributed by atoms with Crippen molar-refractivity contribution in [2.45, 2.75) is 18.0 Å². The Balaban J connectivity index is 2.27. The molecule has 0 saturated heterocycles. The Morgan fingerprint density at radius 1 is 1.35 bits per heavy atom. The summed E-state index contributed by atoms with van der Waals surface area (Å²) in [5, 5.41) is 2.80. The maximum atomic E-state index is 12.4. The van der Waals surface area contributed by atoms with Crippen molar-refractivity contribution in [2.75, 3.05) is 12.4 Å². The van der Waals surface area contributed by atoms with Gasteiger partial charge < -0.3 is 5.32 Å². The molecule has 0 saturated carbocycles. The second kappa shape index (κ2) is 6.09. The molecule has 0 amide bonds. The summed E-state index contributed by atoms with van der Waals surface area (Å²) in [5.74, 6) is 0. The molecule has 5 nitrogen and oxygen atoms in total. The lowest BCUT2D eigenvalue weighted by Crippen LogP contribution is -2.27. The standard InChI is InChI=1S/C12H14ClN3O2S2/c1-8(10-5-6-11(13)19-10)16-20(17,18)12-9(14-2)4-3-7-15-12/h3-8,14,16H,1-2H3. The topological polar surface area (TPSA) is 71.1 Å². The molecule has 108 valence electrons. The van der Waals surface area contributed by atoms with Crippen LogP contribution < -0.4 is 10.0 Å². The zero-order chi connectivity index (χ0) is 14.8. The van der Waals surface area contributed by atoms with E-state index in [0.717, 1.165) is 4.88 Å². The molecule has 0 bridgehead atoms. The van der Waals surface area contributed by atoms with Gasteiger partial charge in [0, 0.05) is 18.1 Å². The number of halogens is 1. The average Bonchev–Trinajstić information content (AvgIpc) is 2.85. The molecule has 1 atom stereocenters. The molecule has 0 aromatic carbocycles. The van der Waals surface area contributed by atoms with Crippen molar-refractivity contribution in [1.82, 2.24) is 9.71 Å². The van der Waals surface area contributed by atoms with Crippen LogP contribution in [0.5, 0.6) is 0 Å². The molecule has 0 radical (unpaired) electrons. The minimum absolute atomic E-state index is 0.0167. The fourth-order valence-electron chi connectivity index (χ4n) is 1.70. The largest absolute Gasteiger partial charge is 0.386 e. The summed E-state index contributed by atoms with van der Waals surface area (Å²) in [6.07, 6.45) is 1.45. The molecular weight excluding hydrogens is 318 g/mol. The van der Waals surface area contributed by atoms with Gasteiger partial charge in [0.25, 0.3) is 10.0 Å². The van der Waals surface area contributed by atoms with Gasteiger partial charge in [-0.15, -0.1) is 11.3 Å². The Hall–Kier alpha value is -1.15. The lowest BCUT2D eigenvalue weighted by atomic mass is 10.3. The van der Waals surface area contributed by atoms with Crippen molar-refractivity contribution in [3.63, 3.8) is 0 Å². The first-order chi connectivity index (χ1) is 9.44. The lowest BCUT2D eigenvalue weighted by Gasteiger charge is -2.14. The van der Waals surface area contributed by atoms with E-state index in [-0.39, 0.29) is 11.1 Å². The third-order valence-electron chi connectivity index (χ3n) is 2.65. The zero-order valence-corrected chi connectivity index (χ0v) is 13.3. The van der Waals surface area contributed by atoms with Crippen LogP contribution in [-0.2, 0) is 10.0 Å². The SMILES string of the molecule is CNc1cccnc1S(=O)(=O)NC(C)c1ccc(Cl)s1. The van der Waals surface area contributed by atoms with Gasteiger partial charge >= 0.3 is 0 Å². The van der Waals surface area contributed by atoms with Crippen molar-refractivity contribution in [3.8, 4) is 0 Å². The van der Waals surface area contributed by atoms with Gasteiger partial charge in [0.05, 0.1) is 16.1 Å². The summed E-state index contributed by atoms with van der Waals surface area (Å²) in [7, 11) is -2.05. The third kappa shape index (κ3) is 3.29. The van der Waals surface area contributed by atoms with Crippen molar-refractivity contribution >= 4 is 38.6 Å². The summed E-state index contributed by atoms with van der Waals surface area (Å²) in [4.78, 5) is 4.79. The quantitative estimate of drug-likeness (QED) is 0.883. The van der Waals surface area contributed by atoms with E-state index in [4.69, 9.17) is 11.6 Å². The Morgan fingerprint density at radius 2 is 2.10 bits per heavy atom. The average molecular weight is 332 g/mol. The fraction of sp³-hybridized carbons (Fsp3) is 0.250.